The molecule has 0 spiro atoms. The normalized spacial score (nSPS) is 12.2. The number of aromatic hydroxyl groups is 1. The average Bonchev–Trinajstić information content (AvgIpc) is 2.77. The largest absolute Gasteiger partial charge is 0.508 e. The number of aryl methyl sites for hydroxylation is 2. The van der Waals surface area contributed by atoms with Crippen LogP contribution in [0.15, 0.2) is 30.3 Å². The number of nitrogens with zero attached hydrogens (tertiary/aromatic N) is 1. The number of rotatable bonds is 3. The van der Waals surface area contributed by atoms with Gasteiger partial charge in [-0.3, -0.25) is 4.79 Å². The molecule has 1 atom stereocenters. The summed E-state index contributed by atoms with van der Waals surface area (Å²) in [7, 11) is 1.81. The lowest BCUT2D eigenvalue weighted by Crippen LogP contribution is -2.29. The predicted octanol–water partition coefficient (Wildman–Crippen LogP) is 3.90. The highest BCUT2D eigenvalue weighted by Crippen LogP contribution is 2.26. The molecule has 0 saturated carbocycles. The molecule has 20 heavy (non-hydrogen) atoms. The van der Waals surface area contributed by atoms with Crippen molar-refractivity contribution in [2.45, 2.75) is 26.8 Å². The number of amides is 1. The Kier molecular flexibility index (Phi) is 4.14. The minimum Gasteiger partial charge on any atom is -0.508 e. The van der Waals surface area contributed by atoms with Gasteiger partial charge in [-0.1, -0.05) is 12.1 Å². The van der Waals surface area contributed by atoms with Crippen LogP contribution in [0.2, 0.25) is 0 Å². The van der Waals surface area contributed by atoms with Gasteiger partial charge in [0.15, 0.2) is 0 Å². The molecule has 0 aliphatic carbocycles. The fraction of sp³-hybridized carbons (Fsp3) is 0.312. The second-order valence-corrected chi connectivity index (χ2v) is 6.29. The predicted molar refractivity (Wildman–Crippen MR) is 82.4 cm³/mol. The molecule has 0 saturated heterocycles. The molecule has 1 amide bonds. The maximum absolute atomic E-state index is 12.5. The maximum atomic E-state index is 12.5. The third-order valence-corrected chi connectivity index (χ3v) is 4.79. The third-order valence-electron chi connectivity index (χ3n) is 3.65. The summed E-state index contributed by atoms with van der Waals surface area (Å²) >= 11 is 1.53. The van der Waals surface area contributed by atoms with Crippen molar-refractivity contribution >= 4 is 17.2 Å². The minimum atomic E-state index is -0.0363. The Bertz CT molecular complexity index is 596. The molecular weight excluding hydrogens is 270 g/mol. The fourth-order valence-electron chi connectivity index (χ4n) is 2.00. The summed E-state index contributed by atoms with van der Waals surface area (Å²) in [5.41, 5.74) is 2.16. The lowest BCUT2D eigenvalue weighted by atomic mass is 10.1. The van der Waals surface area contributed by atoms with Crippen LogP contribution in [-0.4, -0.2) is 23.0 Å². The van der Waals surface area contributed by atoms with E-state index in [1.807, 2.05) is 46.0 Å². The number of hydrogen-bond donors (Lipinski definition) is 1. The quantitative estimate of drug-likeness (QED) is 0.931. The fourth-order valence-corrected chi connectivity index (χ4v) is 3.02. The Hall–Kier alpha value is -1.81. The number of carbonyl (C=O) groups excluding carboxylic acids is 1. The molecule has 0 aliphatic heterocycles. The summed E-state index contributed by atoms with van der Waals surface area (Å²) in [6, 6.07) is 8.88. The van der Waals surface area contributed by atoms with Crippen LogP contribution in [0.25, 0.3) is 0 Å². The maximum Gasteiger partial charge on any atom is 0.264 e. The Morgan fingerprint density at radius 1 is 1.25 bits per heavy atom. The molecule has 1 unspecified atom stereocenters. The van der Waals surface area contributed by atoms with Gasteiger partial charge >= 0.3 is 0 Å². The van der Waals surface area contributed by atoms with Crippen LogP contribution in [0.3, 0.4) is 0 Å². The molecule has 4 heteroatoms. The first-order chi connectivity index (χ1) is 9.40. The van der Waals surface area contributed by atoms with E-state index in [0.29, 0.717) is 0 Å². The molecule has 0 aliphatic rings. The Balaban J connectivity index is 2.19. The molecule has 1 aromatic carbocycles. The van der Waals surface area contributed by atoms with E-state index in [-0.39, 0.29) is 17.7 Å². The third kappa shape index (κ3) is 2.85. The molecule has 0 radical (unpaired) electrons. The summed E-state index contributed by atoms with van der Waals surface area (Å²) in [5.74, 6) is 0.270. The molecule has 3 nitrogen and oxygen atoms in total. The van der Waals surface area contributed by atoms with Gasteiger partial charge in [0.05, 0.1) is 10.9 Å². The Morgan fingerprint density at radius 3 is 2.35 bits per heavy atom. The van der Waals surface area contributed by atoms with Gasteiger partial charge in [0.1, 0.15) is 5.75 Å². The summed E-state index contributed by atoms with van der Waals surface area (Å²) in [5, 5.41) is 9.32. The van der Waals surface area contributed by atoms with Crippen molar-refractivity contribution in [3.63, 3.8) is 0 Å². The number of benzene rings is 1. The second-order valence-electron chi connectivity index (χ2n) is 5.03. The van der Waals surface area contributed by atoms with E-state index < -0.39 is 0 Å². The van der Waals surface area contributed by atoms with E-state index in [1.54, 1.807) is 17.0 Å². The van der Waals surface area contributed by atoms with Crippen molar-refractivity contribution in [1.29, 1.82) is 0 Å². The van der Waals surface area contributed by atoms with Crippen molar-refractivity contribution in [2.75, 3.05) is 7.05 Å². The highest BCUT2D eigenvalue weighted by molar-refractivity contribution is 7.14. The smallest absolute Gasteiger partial charge is 0.264 e. The van der Waals surface area contributed by atoms with E-state index in [0.717, 1.165) is 16.0 Å². The van der Waals surface area contributed by atoms with Crippen molar-refractivity contribution in [3.05, 3.63) is 51.2 Å². The highest BCUT2D eigenvalue weighted by atomic mass is 32.1. The van der Waals surface area contributed by atoms with Gasteiger partial charge in [-0.05, 0) is 50.1 Å². The van der Waals surface area contributed by atoms with Gasteiger partial charge in [0.25, 0.3) is 5.91 Å². The molecule has 2 aromatic rings. The molecule has 2 rings (SSSR count). The zero-order valence-corrected chi connectivity index (χ0v) is 13.0. The van der Waals surface area contributed by atoms with E-state index in [2.05, 4.69) is 0 Å². The van der Waals surface area contributed by atoms with Gasteiger partial charge < -0.3 is 10.0 Å². The number of hydrogen-bond acceptors (Lipinski definition) is 3. The van der Waals surface area contributed by atoms with Crippen molar-refractivity contribution in [1.82, 2.24) is 4.90 Å². The van der Waals surface area contributed by atoms with Gasteiger partial charge in [-0.15, -0.1) is 11.3 Å². The van der Waals surface area contributed by atoms with Crippen molar-refractivity contribution in [3.8, 4) is 5.75 Å². The molecule has 106 valence electrons. The highest BCUT2D eigenvalue weighted by Gasteiger charge is 2.20. The van der Waals surface area contributed by atoms with E-state index in [9.17, 15) is 9.90 Å². The number of phenols is 1. The topological polar surface area (TPSA) is 40.5 Å². The summed E-state index contributed by atoms with van der Waals surface area (Å²) in [4.78, 5) is 16.2. The molecule has 0 bridgehead atoms. The van der Waals surface area contributed by atoms with Gasteiger partial charge in [-0.25, -0.2) is 0 Å². The van der Waals surface area contributed by atoms with Crippen LogP contribution in [0, 0.1) is 13.8 Å². The molecule has 1 heterocycles. The first-order valence-corrected chi connectivity index (χ1v) is 7.35. The van der Waals surface area contributed by atoms with Crippen LogP contribution >= 0.6 is 11.3 Å². The standard InChI is InChI=1S/C16H19NO2S/c1-10-9-15(20-12(10)3)16(19)17(4)11(2)13-5-7-14(18)8-6-13/h5-9,11,18H,1-4H3. The molecule has 0 fully saturated rings. The number of thiophene rings is 1. The Morgan fingerprint density at radius 2 is 1.85 bits per heavy atom. The van der Waals surface area contributed by atoms with Gasteiger partial charge in [0.2, 0.25) is 0 Å². The zero-order valence-electron chi connectivity index (χ0n) is 12.2. The van der Waals surface area contributed by atoms with Crippen molar-refractivity contribution in [2.24, 2.45) is 0 Å². The monoisotopic (exact) mass is 289 g/mol. The summed E-state index contributed by atoms with van der Waals surface area (Å²) in [6.07, 6.45) is 0. The number of phenolic OH excluding ortho intramolecular Hbond substituents is 1. The van der Waals surface area contributed by atoms with Gasteiger partial charge in [-0.2, -0.15) is 0 Å². The van der Waals surface area contributed by atoms with E-state index in [4.69, 9.17) is 0 Å². The summed E-state index contributed by atoms with van der Waals surface area (Å²) < 4.78 is 0. The van der Waals surface area contributed by atoms with E-state index >= 15 is 0 Å². The first kappa shape index (κ1) is 14.6. The lowest BCUT2D eigenvalue weighted by Gasteiger charge is -2.25. The van der Waals surface area contributed by atoms with E-state index in [1.165, 1.54) is 16.2 Å². The SMILES string of the molecule is Cc1cc(C(=O)N(C)C(C)c2ccc(O)cc2)sc1C. The average molecular weight is 289 g/mol. The molecule has 1 aromatic heterocycles. The number of carbonyl (C=O) groups is 1. The van der Waals surface area contributed by atoms with Crippen LogP contribution in [0.5, 0.6) is 5.75 Å². The second kappa shape index (κ2) is 5.67. The Labute approximate surface area is 123 Å². The first-order valence-electron chi connectivity index (χ1n) is 6.53. The van der Waals surface area contributed by atoms with Crippen LogP contribution in [-0.2, 0) is 0 Å². The lowest BCUT2D eigenvalue weighted by molar-refractivity contribution is 0.0747. The van der Waals surface area contributed by atoms with Gasteiger partial charge in [0, 0.05) is 11.9 Å². The van der Waals surface area contributed by atoms with Crippen LogP contribution in [0.1, 0.15) is 38.6 Å². The molecule has 1 N–H and O–H groups in total. The minimum absolute atomic E-state index is 0.0341. The van der Waals surface area contributed by atoms with Crippen LogP contribution < -0.4 is 0 Å². The molecular formula is C16H19NO2S. The summed E-state index contributed by atoms with van der Waals surface area (Å²) in [6.45, 7) is 6.03. The zero-order chi connectivity index (χ0) is 14.9. The van der Waals surface area contributed by atoms with Crippen LogP contribution in [0.4, 0.5) is 0 Å². The van der Waals surface area contributed by atoms with Crippen molar-refractivity contribution < 1.29 is 9.90 Å².